The summed E-state index contributed by atoms with van der Waals surface area (Å²) in [4.78, 5) is 19.5. The molecule has 146 valence electrons. The Hall–Kier alpha value is -3.60. The molecule has 1 heterocycles. The third-order valence-electron chi connectivity index (χ3n) is 5.07. The monoisotopic (exact) mass is 385 g/mol. The maximum absolute atomic E-state index is 13.0. The van der Waals surface area contributed by atoms with Crippen molar-refractivity contribution in [3.63, 3.8) is 0 Å². The number of ether oxygens (including phenoxy) is 1. The second-order valence-corrected chi connectivity index (χ2v) is 6.92. The molecule has 0 aliphatic carbocycles. The van der Waals surface area contributed by atoms with Crippen molar-refractivity contribution in [1.82, 2.24) is 9.55 Å². The predicted molar refractivity (Wildman–Crippen MR) is 115 cm³/mol. The van der Waals surface area contributed by atoms with Crippen LogP contribution in [0, 0.1) is 0 Å². The Balaban J connectivity index is 1.65. The van der Waals surface area contributed by atoms with E-state index in [9.17, 15) is 4.79 Å². The van der Waals surface area contributed by atoms with E-state index in [4.69, 9.17) is 9.72 Å². The Morgan fingerprint density at radius 2 is 1.66 bits per heavy atom. The van der Waals surface area contributed by atoms with E-state index in [2.05, 4.69) is 0 Å². The van der Waals surface area contributed by atoms with E-state index >= 15 is 0 Å². The first-order valence-electron chi connectivity index (χ1n) is 9.54. The highest BCUT2D eigenvalue weighted by atomic mass is 16.5. The SMILES string of the molecule is COc1ccc(Cc2nc3ccccc3n2CC(=O)N(C)c2ccccc2)cc1. The van der Waals surface area contributed by atoms with Crippen molar-refractivity contribution in [2.75, 3.05) is 19.1 Å². The standard InChI is InChI=1S/C24H23N3O2/c1-26(19-8-4-3-5-9-19)24(28)17-27-22-11-7-6-10-21(22)25-23(27)16-18-12-14-20(29-2)15-13-18/h3-15H,16-17H2,1-2H3. The van der Waals surface area contributed by atoms with Crippen LogP contribution in [0.2, 0.25) is 0 Å². The number of imidazole rings is 1. The maximum Gasteiger partial charge on any atom is 0.246 e. The van der Waals surface area contributed by atoms with Gasteiger partial charge in [0, 0.05) is 19.2 Å². The van der Waals surface area contributed by atoms with Gasteiger partial charge >= 0.3 is 0 Å². The van der Waals surface area contributed by atoms with Gasteiger partial charge in [-0.15, -0.1) is 0 Å². The molecule has 0 atom stereocenters. The van der Waals surface area contributed by atoms with E-state index in [1.54, 1.807) is 19.1 Å². The first-order valence-corrected chi connectivity index (χ1v) is 9.54. The molecule has 0 spiro atoms. The van der Waals surface area contributed by atoms with Crippen LogP contribution in [0.1, 0.15) is 11.4 Å². The smallest absolute Gasteiger partial charge is 0.246 e. The summed E-state index contributed by atoms with van der Waals surface area (Å²) >= 11 is 0. The molecule has 3 aromatic carbocycles. The van der Waals surface area contributed by atoms with Crippen molar-refractivity contribution in [3.05, 3.63) is 90.3 Å². The summed E-state index contributed by atoms with van der Waals surface area (Å²) < 4.78 is 7.26. The molecular formula is C24H23N3O2. The molecule has 0 fully saturated rings. The summed E-state index contributed by atoms with van der Waals surface area (Å²) in [6.45, 7) is 0.234. The van der Waals surface area contributed by atoms with Crippen molar-refractivity contribution in [1.29, 1.82) is 0 Å². The summed E-state index contributed by atoms with van der Waals surface area (Å²) in [5.74, 6) is 1.70. The average molecular weight is 385 g/mol. The summed E-state index contributed by atoms with van der Waals surface area (Å²) in [6, 6.07) is 25.5. The number of rotatable bonds is 6. The molecule has 1 amide bonds. The summed E-state index contributed by atoms with van der Waals surface area (Å²) in [5, 5.41) is 0. The van der Waals surface area contributed by atoms with E-state index in [0.29, 0.717) is 6.42 Å². The number of amides is 1. The molecule has 0 saturated carbocycles. The Morgan fingerprint density at radius 3 is 2.38 bits per heavy atom. The molecule has 29 heavy (non-hydrogen) atoms. The van der Waals surface area contributed by atoms with Gasteiger partial charge in [0.2, 0.25) is 5.91 Å². The Kier molecular flexibility index (Phi) is 5.29. The molecule has 0 N–H and O–H groups in total. The minimum Gasteiger partial charge on any atom is -0.497 e. The van der Waals surface area contributed by atoms with Crippen LogP contribution < -0.4 is 9.64 Å². The zero-order chi connectivity index (χ0) is 20.2. The van der Waals surface area contributed by atoms with Gasteiger partial charge < -0.3 is 14.2 Å². The van der Waals surface area contributed by atoms with Gasteiger partial charge in [-0.05, 0) is 42.0 Å². The molecule has 0 saturated heterocycles. The second-order valence-electron chi connectivity index (χ2n) is 6.92. The van der Waals surface area contributed by atoms with Gasteiger partial charge in [-0.2, -0.15) is 0 Å². The lowest BCUT2D eigenvalue weighted by Crippen LogP contribution is -2.30. The van der Waals surface area contributed by atoms with Crippen LogP contribution in [-0.4, -0.2) is 29.6 Å². The predicted octanol–water partition coefficient (Wildman–Crippen LogP) is 4.30. The number of para-hydroxylation sites is 3. The summed E-state index contributed by atoms with van der Waals surface area (Å²) in [6.07, 6.45) is 0.640. The van der Waals surface area contributed by atoms with Gasteiger partial charge in [-0.1, -0.05) is 42.5 Å². The highest BCUT2D eigenvalue weighted by Crippen LogP contribution is 2.21. The lowest BCUT2D eigenvalue weighted by atomic mass is 10.1. The third-order valence-corrected chi connectivity index (χ3v) is 5.07. The van der Waals surface area contributed by atoms with Crippen molar-refractivity contribution in [2.45, 2.75) is 13.0 Å². The average Bonchev–Trinajstić information content (AvgIpc) is 3.11. The molecule has 0 unspecified atom stereocenters. The molecule has 0 bridgehead atoms. The minimum atomic E-state index is 0.00957. The first-order chi connectivity index (χ1) is 14.2. The van der Waals surface area contributed by atoms with Gasteiger partial charge in [0.25, 0.3) is 0 Å². The van der Waals surface area contributed by atoms with Gasteiger partial charge in [0.15, 0.2) is 0 Å². The van der Waals surface area contributed by atoms with E-state index in [1.165, 1.54) is 0 Å². The molecule has 0 aliphatic rings. The fraction of sp³-hybridized carbons (Fsp3) is 0.167. The van der Waals surface area contributed by atoms with Crippen LogP contribution in [-0.2, 0) is 17.8 Å². The topological polar surface area (TPSA) is 47.4 Å². The van der Waals surface area contributed by atoms with Gasteiger partial charge in [-0.25, -0.2) is 4.98 Å². The number of hydrogen-bond acceptors (Lipinski definition) is 3. The normalized spacial score (nSPS) is 10.8. The van der Waals surface area contributed by atoms with Crippen LogP contribution in [0.3, 0.4) is 0 Å². The molecule has 0 aliphatic heterocycles. The number of fused-ring (bicyclic) bond motifs is 1. The Morgan fingerprint density at radius 1 is 0.966 bits per heavy atom. The molecule has 5 nitrogen and oxygen atoms in total. The highest BCUT2D eigenvalue weighted by molar-refractivity contribution is 5.93. The van der Waals surface area contributed by atoms with Gasteiger partial charge in [-0.3, -0.25) is 4.79 Å². The largest absolute Gasteiger partial charge is 0.497 e. The number of methoxy groups -OCH3 is 1. The first kappa shape index (κ1) is 18.7. The van der Waals surface area contributed by atoms with Gasteiger partial charge in [0.1, 0.15) is 18.1 Å². The van der Waals surface area contributed by atoms with Crippen molar-refractivity contribution in [2.24, 2.45) is 0 Å². The highest BCUT2D eigenvalue weighted by Gasteiger charge is 2.17. The van der Waals surface area contributed by atoms with Crippen LogP contribution in [0.4, 0.5) is 5.69 Å². The summed E-state index contributed by atoms with van der Waals surface area (Å²) in [7, 11) is 3.46. The molecule has 0 radical (unpaired) electrons. The van der Waals surface area contributed by atoms with Crippen LogP contribution in [0.5, 0.6) is 5.75 Å². The van der Waals surface area contributed by atoms with E-state index < -0.39 is 0 Å². The van der Waals surface area contributed by atoms with E-state index in [1.807, 2.05) is 83.4 Å². The number of nitrogens with zero attached hydrogens (tertiary/aromatic N) is 3. The lowest BCUT2D eigenvalue weighted by Gasteiger charge is -2.18. The fourth-order valence-electron chi connectivity index (χ4n) is 3.40. The molecular weight excluding hydrogens is 362 g/mol. The van der Waals surface area contributed by atoms with Crippen molar-refractivity contribution < 1.29 is 9.53 Å². The number of hydrogen-bond donors (Lipinski definition) is 0. The van der Waals surface area contributed by atoms with Crippen molar-refractivity contribution in [3.8, 4) is 5.75 Å². The number of carbonyl (C=O) groups excluding carboxylic acids is 1. The quantitative estimate of drug-likeness (QED) is 0.497. The number of benzene rings is 3. The number of likely N-dealkylation sites (N-methyl/N-ethyl adjacent to an activating group) is 1. The Bertz CT molecular complexity index is 1120. The maximum atomic E-state index is 13.0. The molecule has 4 rings (SSSR count). The lowest BCUT2D eigenvalue weighted by molar-refractivity contribution is -0.118. The fourth-order valence-corrected chi connectivity index (χ4v) is 3.40. The van der Waals surface area contributed by atoms with Crippen LogP contribution in [0.15, 0.2) is 78.9 Å². The number of carbonyl (C=O) groups is 1. The Labute approximate surface area is 170 Å². The molecule has 1 aromatic heterocycles. The number of anilines is 1. The summed E-state index contributed by atoms with van der Waals surface area (Å²) in [5.41, 5.74) is 3.85. The third kappa shape index (κ3) is 3.99. The van der Waals surface area contributed by atoms with Crippen LogP contribution >= 0.6 is 0 Å². The van der Waals surface area contributed by atoms with Crippen molar-refractivity contribution >= 4 is 22.6 Å². The second kappa shape index (κ2) is 8.19. The molecule has 4 aromatic rings. The molecule has 5 heteroatoms. The van der Waals surface area contributed by atoms with E-state index in [0.717, 1.165) is 33.9 Å². The zero-order valence-corrected chi connectivity index (χ0v) is 16.6. The van der Waals surface area contributed by atoms with Crippen LogP contribution in [0.25, 0.3) is 11.0 Å². The van der Waals surface area contributed by atoms with E-state index in [-0.39, 0.29) is 12.5 Å². The minimum absolute atomic E-state index is 0.00957. The number of aromatic nitrogens is 2. The van der Waals surface area contributed by atoms with Gasteiger partial charge in [0.05, 0.1) is 18.1 Å². The zero-order valence-electron chi connectivity index (χ0n) is 16.6.